The van der Waals surface area contributed by atoms with Gasteiger partial charge < -0.3 is 24.4 Å². The average molecular weight is 405 g/mol. The second-order valence-electron chi connectivity index (χ2n) is 7.90. The number of aliphatic hydroxyl groups excluding tert-OH is 2. The summed E-state index contributed by atoms with van der Waals surface area (Å²) in [5.74, 6) is 0. The van der Waals surface area contributed by atoms with E-state index in [1.54, 1.807) is 7.11 Å². The van der Waals surface area contributed by atoms with Crippen LogP contribution in [0.25, 0.3) is 0 Å². The minimum Gasteiger partial charge on any atom is -0.394 e. The lowest BCUT2D eigenvalue weighted by Crippen LogP contribution is -2.28. The molecule has 0 aliphatic carbocycles. The van der Waals surface area contributed by atoms with E-state index in [1.165, 1.54) is 83.5 Å². The van der Waals surface area contributed by atoms with Crippen LogP contribution in [0.4, 0.5) is 0 Å². The largest absolute Gasteiger partial charge is 0.394 e. The third kappa shape index (κ3) is 20.5. The molecule has 0 aliphatic rings. The molecule has 170 valence electrons. The van der Waals surface area contributed by atoms with Crippen molar-refractivity contribution in [1.29, 1.82) is 0 Å². The summed E-state index contributed by atoms with van der Waals surface area (Å²) in [6.45, 7) is 3.74. The second kappa shape index (κ2) is 23.1. The Kier molecular flexibility index (Phi) is 22.9. The lowest BCUT2D eigenvalue weighted by atomic mass is 10.0. The maximum absolute atomic E-state index is 9.22. The predicted octanol–water partition coefficient (Wildman–Crippen LogP) is 4.87. The van der Waals surface area contributed by atoms with Gasteiger partial charge in [-0.3, -0.25) is 0 Å². The highest BCUT2D eigenvalue weighted by Gasteiger charge is 2.09. The SMILES string of the molecule is CCCCCCCCCCCCCCCCOCC(COCC(O)CO)OC. The number of rotatable bonds is 23. The van der Waals surface area contributed by atoms with E-state index in [1.807, 2.05) is 0 Å². The van der Waals surface area contributed by atoms with Crippen LogP contribution in [-0.4, -0.2) is 62.6 Å². The molecule has 0 radical (unpaired) electrons. The topological polar surface area (TPSA) is 68.2 Å². The van der Waals surface area contributed by atoms with Crippen molar-refractivity contribution < 1.29 is 24.4 Å². The minimum atomic E-state index is -0.825. The lowest BCUT2D eigenvalue weighted by molar-refractivity contribution is -0.0626. The number of aliphatic hydroxyl groups is 2. The summed E-state index contributed by atoms with van der Waals surface area (Å²) in [6, 6.07) is 0. The molecule has 0 fully saturated rings. The van der Waals surface area contributed by atoms with E-state index in [0.717, 1.165) is 13.0 Å². The van der Waals surface area contributed by atoms with E-state index >= 15 is 0 Å². The highest BCUT2D eigenvalue weighted by Crippen LogP contribution is 2.13. The molecular formula is C23H48O5. The molecule has 0 amide bonds. The molecule has 5 heteroatoms. The normalized spacial score (nSPS) is 13.7. The van der Waals surface area contributed by atoms with Crippen LogP contribution in [0.1, 0.15) is 96.8 Å². The van der Waals surface area contributed by atoms with Gasteiger partial charge in [-0.2, -0.15) is 0 Å². The van der Waals surface area contributed by atoms with Crippen LogP contribution in [0.5, 0.6) is 0 Å². The third-order valence-corrected chi connectivity index (χ3v) is 5.10. The maximum Gasteiger partial charge on any atom is 0.104 e. The molecule has 28 heavy (non-hydrogen) atoms. The highest BCUT2D eigenvalue weighted by molar-refractivity contribution is 4.57. The molecule has 2 atom stereocenters. The van der Waals surface area contributed by atoms with Crippen molar-refractivity contribution >= 4 is 0 Å². The Morgan fingerprint density at radius 3 is 1.57 bits per heavy atom. The minimum absolute atomic E-state index is 0.120. The molecule has 0 saturated carbocycles. The molecule has 0 aromatic carbocycles. The van der Waals surface area contributed by atoms with Crippen LogP contribution < -0.4 is 0 Å². The van der Waals surface area contributed by atoms with Crippen molar-refractivity contribution in [3.05, 3.63) is 0 Å². The Hall–Kier alpha value is -0.200. The van der Waals surface area contributed by atoms with Crippen LogP contribution in [0, 0.1) is 0 Å². The Labute approximate surface area is 174 Å². The highest BCUT2D eigenvalue weighted by atomic mass is 16.6. The van der Waals surface area contributed by atoms with Gasteiger partial charge in [0.05, 0.1) is 26.4 Å². The summed E-state index contributed by atoms with van der Waals surface area (Å²) >= 11 is 0. The van der Waals surface area contributed by atoms with Crippen molar-refractivity contribution in [3.8, 4) is 0 Å². The van der Waals surface area contributed by atoms with Crippen LogP contribution in [0.2, 0.25) is 0 Å². The molecule has 2 N–H and O–H groups in total. The number of hydrogen-bond acceptors (Lipinski definition) is 5. The third-order valence-electron chi connectivity index (χ3n) is 5.10. The number of ether oxygens (including phenoxy) is 3. The fourth-order valence-corrected chi connectivity index (χ4v) is 3.19. The van der Waals surface area contributed by atoms with Crippen molar-refractivity contribution in [2.45, 2.75) is 109 Å². The molecule has 0 rings (SSSR count). The average Bonchev–Trinajstić information content (AvgIpc) is 2.71. The van der Waals surface area contributed by atoms with Crippen LogP contribution >= 0.6 is 0 Å². The quantitative estimate of drug-likeness (QED) is 0.238. The monoisotopic (exact) mass is 404 g/mol. The van der Waals surface area contributed by atoms with E-state index in [2.05, 4.69) is 6.92 Å². The summed E-state index contributed by atoms with van der Waals surface area (Å²) in [6.07, 6.45) is 18.1. The molecule has 0 aromatic heterocycles. The summed E-state index contributed by atoms with van der Waals surface area (Å²) in [5.41, 5.74) is 0. The van der Waals surface area contributed by atoms with E-state index < -0.39 is 6.10 Å². The first-order chi connectivity index (χ1) is 13.7. The van der Waals surface area contributed by atoms with E-state index in [0.29, 0.717) is 13.2 Å². The molecule has 0 aromatic rings. The molecule has 0 saturated heterocycles. The first-order valence-corrected chi connectivity index (χ1v) is 11.7. The Bertz CT molecular complexity index is 288. The zero-order valence-electron chi connectivity index (χ0n) is 18.7. The summed E-state index contributed by atoms with van der Waals surface area (Å²) in [5, 5.41) is 18.0. The molecule has 5 nitrogen and oxygen atoms in total. The first-order valence-electron chi connectivity index (χ1n) is 11.7. The maximum atomic E-state index is 9.22. The standard InChI is InChI=1S/C23H48O5/c1-3-4-5-6-7-8-9-10-11-12-13-14-15-16-17-27-20-23(26-2)21-28-19-22(25)18-24/h22-25H,3-21H2,1-2H3. The van der Waals surface area contributed by atoms with Gasteiger partial charge in [-0.05, 0) is 6.42 Å². The van der Waals surface area contributed by atoms with E-state index in [9.17, 15) is 5.11 Å². The Balaban J connectivity index is 3.23. The summed E-state index contributed by atoms with van der Waals surface area (Å²) in [4.78, 5) is 0. The fraction of sp³-hybridized carbons (Fsp3) is 1.00. The zero-order chi connectivity index (χ0) is 20.7. The van der Waals surface area contributed by atoms with Crippen LogP contribution in [0.3, 0.4) is 0 Å². The lowest BCUT2D eigenvalue weighted by Gasteiger charge is -2.16. The molecule has 0 heterocycles. The number of unbranched alkanes of at least 4 members (excludes halogenated alkanes) is 13. The predicted molar refractivity (Wildman–Crippen MR) is 116 cm³/mol. The molecule has 0 bridgehead atoms. The van der Waals surface area contributed by atoms with Gasteiger partial charge in [-0.1, -0.05) is 90.4 Å². The van der Waals surface area contributed by atoms with Crippen molar-refractivity contribution in [2.75, 3.05) is 40.1 Å². The van der Waals surface area contributed by atoms with Gasteiger partial charge in [-0.25, -0.2) is 0 Å². The van der Waals surface area contributed by atoms with Crippen LogP contribution in [-0.2, 0) is 14.2 Å². The van der Waals surface area contributed by atoms with Gasteiger partial charge in [0, 0.05) is 13.7 Å². The van der Waals surface area contributed by atoms with Crippen molar-refractivity contribution in [3.63, 3.8) is 0 Å². The number of hydrogen-bond donors (Lipinski definition) is 2. The van der Waals surface area contributed by atoms with E-state index in [4.69, 9.17) is 19.3 Å². The van der Waals surface area contributed by atoms with E-state index in [-0.39, 0.29) is 19.3 Å². The smallest absolute Gasteiger partial charge is 0.104 e. The molecule has 0 aliphatic heterocycles. The van der Waals surface area contributed by atoms with Gasteiger partial charge in [-0.15, -0.1) is 0 Å². The van der Waals surface area contributed by atoms with Gasteiger partial charge in [0.1, 0.15) is 12.2 Å². The van der Waals surface area contributed by atoms with Gasteiger partial charge in [0.25, 0.3) is 0 Å². The molecular weight excluding hydrogens is 356 g/mol. The second-order valence-corrected chi connectivity index (χ2v) is 7.90. The fourth-order valence-electron chi connectivity index (χ4n) is 3.19. The van der Waals surface area contributed by atoms with Gasteiger partial charge in [0.15, 0.2) is 0 Å². The summed E-state index contributed by atoms with van der Waals surface area (Å²) in [7, 11) is 1.63. The Morgan fingerprint density at radius 2 is 1.11 bits per heavy atom. The first kappa shape index (κ1) is 27.8. The number of methoxy groups -OCH3 is 1. The molecule has 0 spiro atoms. The zero-order valence-corrected chi connectivity index (χ0v) is 18.7. The van der Waals surface area contributed by atoms with Crippen molar-refractivity contribution in [1.82, 2.24) is 0 Å². The van der Waals surface area contributed by atoms with Gasteiger partial charge >= 0.3 is 0 Å². The van der Waals surface area contributed by atoms with Gasteiger partial charge in [0.2, 0.25) is 0 Å². The summed E-state index contributed by atoms with van der Waals surface area (Å²) < 4.78 is 16.3. The van der Waals surface area contributed by atoms with Crippen LogP contribution in [0.15, 0.2) is 0 Å². The molecule has 2 unspecified atom stereocenters. The Morgan fingerprint density at radius 1 is 0.643 bits per heavy atom. The van der Waals surface area contributed by atoms with Crippen molar-refractivity contribution in [2.24, 2.45) is 0 Å².